The number of benzene rings is 1. The molecule has 0 aromatic heterocycles. The second-order valence-corrected chi connectivity index (χ2v) is 3.71. The third kappa shape index (κ3) is 1.89. The average molecular weight is 179 g/mol. The summed E-state index contributed by atoms with van der Waals surface area (Å²) in [6, 6.07) is 6.89. The summed E-state index contributed by atoms with van der Waals surface area (Å²) in [6.45, 7) is 1.07. The van der Waals surface area contributed by atoms with E-state index in [1.54, 1.807) is 12.1 Å². The molecule has 1 aliphatic carbocycles. The molecule has 1 fully saturated rings. The van der Waals surface area contributed by atoms with Crippen molar-refractivity contribution in [3.8, 4) is 0 Å². The lowest BCUT2D eigenvalue weighted by Gasteiger charge is -1.99. The molecule has 2 rings (SSSR count). The van der Waals surface area contributed by atoms with E-state index in [0.29, 0.717) is 5.92 Å². The second-order valence-electron chi connectivity index (χ2n) is 3.71. The highest BCUT2D eigenvalue weighted by Crippen LogP contribution is 2.46. The van der Waals surface area contributed by atoms with E-state index in [-0.39, 0.29) is 5.82 Å². The largest absolute Gasteiger partial charge is 0.319 e. The van der Waals surface area contributed by atoms with Crippen LogP contribution in [0.25, 0.3) is 0 Å². The number of halogens is 1. The standard InChI is InChI=1S/C11H14FN/c1-13-7-9-6-11(9)8-2-4-10(12)5-3-8/h2-5,9,11,13H,6-7H2,1H3/t9-,11+/m1/s1. The fraction of sp³-hybridized carbons (Fsp3) is 0.455. The van der Waals surface area contributed by atoms with Crippen LogP contribution in [0.5, 0.6) is 0 Å². The summed E-state index contributed by atoms with van der Waals surface area (Å²) in [5, 5.41) is 3.17. The number of nitrogens with one attached hydrogen (secondary N) is 1. The Morgan fingerprint density at radius 3 is 2.69 bits per heavy atom. The Morgan fingerprint density at radius 1 is 1.38 bits per heavy atom. The van der Waals surface area contributed by atoms with Gasteiger partial charge in [0.15, 0.2) is 0 Å². The Kier molecular flexibility index (Phi) is 2.32. The minimum atomic E-state index is -0.144. The molecule has 0 amide bonds. The molecule has 1 aromatic rings. The molecule has 13 heavy (non-hydrogen) atoms. The van der Waals surface area contributed by atoms with Gasteiger partial charge in [-0.1, -0.05) is 12.1 Å². The van der Waals surface area contributed by atoms with Gasteiger partial charge in [0.1, 0.15) is 5.82 Å². The maximum absolute atomic E-state index is 12.6. The van der Waals surface area contributed by atoms with Crippen molar-refractivity contribution in [2.45, 2.75) is 12.3 Å². The summed E-state index contributed by atoms with van der Waals surface area (Å²) in [7, 11) is 1.97. The molecule has 2 heteroatoms. The molecule has 0 heterocycles. The SMILES string of the molecule is CNC[C@H]1C[C@H]1c1ccc(F)cc1. The maximum atomic E-state index is 12.6. The van der Waals surface area contributed by atoms with E-state index in [9.17, 15) is 4.39 Å². The summed E-state index contributed by atoms with van der Waals surface area (Å²) in [4.78, 5) is 0. The lowest BCUT2D eigenvalue weighted by Crippen LogP contribution is -2.10. The first-order chi connectivity index (χ1) is 6.31. The third-order valence-corrected chi connectivity index (χ3v) is 2.69. The zero-order chi connectivity index (χ0) is 9.26. The van der Waals surface area contributed by atoms with Gasteiger partial charge < -0.3 is 5.32 Å². The van der Waals surface area contributed by atoms with Crippen LogP contribution in [0.1, 0.15) is 17.9 Å². The van der Waals surface area contributed by atoms with E-state index in [0.717, 1.165) is 12.5 Å². The van der Waals surface area contributed by atoms with Crippen LogP contribution in [0, 0.1) is 11.7 Å². The highest BCUT2D eigenvalue weighted by molar-refractivity contribution is 5.26. The Hall–Kier alpha value is -0.890. The van der Waals surface area contributed by atoms with Gasteiger partial charge in [-0.3, -0.25) is 0 Å². The van der Waals surface area contributed by atoms with Crippen molar-refractivity contribution in [1.29, 1.82) is 0 Å². The smallest absolute Gasteiger partial charge is 0.123 e. The molecular weight excluding hydrogens is 165 g/mol. The minimum absolute atomic E-state index is 0.144. The number of hydrogen-bond acceptors (Lipinski definition) is 1. The first-order valence-corrected chi connectivity index (χ1v) is 4.71. The molecular formula is C11H14FN. The molecule has 0 bridgehead atoms. The van der Waals surface area contributed by atoms with Crippen molar-refractivity contribution in [2.75, 3.05) is 13.6 Å². The van der Waals surface area contributed by atoms with Crippen LogP contribution >= 0.6 is 0 Å². The molecule has 70 valence electrons. The van der Waals surface area contributed by atoms with Crippen LogP contribution in [-0.4, -0.2) is 13.6 Å². The first-order valence-electron chi connectivity index (χ1n) is 4.71. The molecule has 1 saturated carbocycles. The van der Waals surface area contributed by atoms with Crippen LogP contribution in [0.4, 0.5) is 4.39 Å². The second kappa shape index (κ2) is 3.46. The Morgan fingerprint density at radius 2 is 2.08 bits per heavy atom. The average Bonchev–Trinajstić information content (AvgIpc) is 2.86. The fourth-order valence-electron chi connectivity index (χ4n) is 1.85. The van der Waals surface area contributed by atoms with Crippen molar-refractivity contribution in [1.82, 2.24) is 5.32 Å². The summed E-state index contributed by atoms with van der Waals surface area (Å²) in [6.07, 6.45) is 1.24. The van der Waals surface area contributed by atoms with Gasteiger partial charge in [-0.15, -0.1) is 0 Å². The van der Waals surface area contributed by atoms with Gasteiger partial charge in [0.25, 0.3) is 0 Å². The van der Waals surface area contributed by atoms with E-state index < -0.39 is 0 Å². The van der Waals surface area contributed by atoms with Gasteiger partial charge >= 0.3 is 0 Å². The van der Waals surface area contributed by atoms with Gasteiger partial charge in [-0.05, 0) is 49.5 Å². The van der Waals surface area contributed by atoms with Gasteiger partial charge in [0.2, 0.25) is 0 Å². The molecule has 0 spiro atoms. The Labute approximate surface area is 78.0 Å². The quantitative estimate of drug-likeness (QED) is 0.749. The van der Waals surface area contributed by atoms with Crippen molar-refractivity contribution in [3.63, 3.8) is 0 Å². The zero-order valence-electron chi connectivity index (χ0n) is 7.76. The van der Waals surface area contributed by atoms with Gasteiger partial charge in [-0.2, -0.15) is 0 Å². The van der Waals surface area contributed by atoms with E-state index in [4.69, 9.17) is 0 Å². The number of rotatable bonds is 3. The summed E-state index contributed by atoms with van der Waals surface area (Å²) in [5.41, 5.74) is 1.28. The van der Waals surface area contributed by atoms with Crippen LogP contribution in [0.3, 0.4) is 0 Å². The van der Waals surface area contributed by atoms with E-state index >= 15 is 0 Å². The lowest BCUT2D eigenvalue weighted by molar-refractivity contribution is 0.626. The summed E-state index contributed by atoms with van der Waals surface area (Å²) in [5.74, 6) is 1.28. The highest BCUT2D eigenvalue weighted by Gasteiger charge is 2.37. The molecule has 0 aliphatic heterocycles. The van der Waals surface area contributed by atoms with E-state index in [1.165, 1.54) is 12.0 Å². The Balaban J connectivity index is 2.00. The molecule has 1 aliphatic rings. The molecule has 1 aromatic carbocycles. The van der Waals surface area contributed by atoms with Gasteiger partial charge in [0.05, 0.1) is 0 Å². The fourth-order valence-corrected chi connectivity index (χ4v) is 1.85. The number of hydrogen-bond donors (Lipinski definition) is 1. The molecule has 0 saturated heterocycles. The predicted molar refractivity (Wildman–Crippen MR) is 51.2 cm³/mol. The monoisotopic (exact) mass is 179 g/mol. The van der Waals surface area contributed by atoms with E-state index in [1.807, 2.05) is 19.2 Å². The zero-order valence-corrected chi connectivity index (χ0v) is 7.76. The molecule has 1 nitrogen and oxygen atoms in total. The van der Waals surface area contributed by atoms with Gasteiger partial charge in [-0.25, -0.2) is 4.39 Å². The maximum Gasteiger partial charge on any atom is 0.123 e. The third-order valence-electron chi connectivity index (χ3n) is 2.69. The van der Waals surface area contributed by atoms with Crippen LogP contribution in [0.2, 0.25) is 0 Å². The first kappa shape index (κ1) is 8.70. The van der Waals surface area contributed by atoms with Crippen molar-refractivity contribution < 1.29 is 4.39 Å². The summed E-state index contributed by atoms with van der Waals surface area (Å²) >= 11 is 0. The van der Waals surface area contributed by atoms with Crippen molar-refractivity contribution in [2.24, 2.45) is 5.92 Å². The van der Waals surface area contributed by atoms with Crippen molar-refractivity contribution >= 4 is 0 Å². The van der Waals surface area contributed by atoms with Crippen molar-refractivity contribution in [3.05, 3.63) is 35.6 Å². The minimum Gasteiger partial charge on any atom is -0.319 e. The normalized spacial score (nSPS) is 26.0. The predicted octanol–water partition coefficient (Wildman–Crippen LogP) is 2.15. The van der Waals surface area contributed by atoms with Crippen LogP contribution in [0.15, 0.2) is 24.3 Å². The topological polar surface area (TPSA) is 12.0 Å². The van der Waals surface area contributed by atoms with E-state index in [2.05, 4.69) is 5.32 Å². The Bertz CT molecular complexity index is 281. The van der Waals surface area contributed by atoms with Crippen LogP contribution in [-0.2, 0) is 0 Å². The van der Waals surface area contributed by atoms with Crippen LogP contribution < -0.4 is 5.32 Å². The molecule has 2 atom stereocenters. The van der Waals surface area contributed by atoms with Gasteiger partial charge in [0, 0.05) is 0 Å². The summed E-state index contributed by atoms with van der Waals surface area (Å²) < 4.78 is 12.6. The molecule has 1 N–H and O–H groups in total. The molecule has 0 unspecified atom stereocenters. The highest BCUT2D eigenvalue weighted by atomic mass is 19.1. The lowest BCUT2D eigenvalue weighted by atomic mass is 10.1. The molecule has 0 radical (unpaired) electrons.